The molecule has 0 atom stereocenters. The van der Waals surface area contributed by atoms with Crippen LogP contribution in [-0.2, 0) is 6.18 Å². The molecule has 122 valence electrons. The summed E-state index contributed by atoms with van der Waals surface area (Å²) in [5.74, 6) is 0.253. The van der Waals surface area contributed by atoms with E-state index in [4.69, 9.17) is 0 Å². The van der Waals surface area contributed by atoms with Crippen molar-refractivity contribution in [1.29, 1.82) is 0 Å². The highest BCUT2D eigenvalue weighted by atomic mass is 19.4. The molecule has 2 aromatic carbocycles. The molecule has 0 amide bonds. The lowest BCUT2D eigenvalue weighted by Crippen LogP contribution is -2.06. The second kappa shape index (κ2) is 6.31. The van der Waals surface area contributed by atoms with E-state index in [0.717, 1.165) is 28.6 Å². The monoisotopic (exact) mass is 329 g/mol. The first-order valence-corrected chi connectivity index (χ1v) is 7.26. The van der Waals surface area contributed by atoms with E-state index in [1.165, 1.54) is 6.07 Å². The summed E-state index contributed by atoms with van der Waals surface area (Å²) in [5, 5.41) is 6.41. The number of hydrazone groups is 1. The maximum Gasteiger partial charge on any atom is 0.417 e. The number of aromatic nitrogens is 1. The number of nitrogens with zero attached hydrogens (tertiary/aromatic N) is 2. The van der Waals surface area contributed by atoms with Gasteiger partial charge in [0.05, 0.1) is 11.3 Å². The van der Waals surface area contributed by atoms with Gasteiger partial charge in [0.15, 0.2) is 0 Å². The van der Waals surface area contributed by atoms with Crippen molar-refractivity contribution in [3.05, 3.63) is 71.9 Å². The minimum absolute atomic E-state index is 0.253. The summed E-state index contributed by atoms with van der Waals surface area (Å²) in [7, 11) is 0. The molecule has 0 unspecified atom stereocenters. The van der Waals surface area contributed by atoms with E-state index in [0.29, 0.717) is 5.71 Å². The molecule has 0 saturated heterocycles. The Morgan fingerprint density at radius 2 is 1.75 bits per heavy atom. The van der Waals surface area contributed by atoms with E-state index in [1.54, 1.807) is 0 Å². The molecule has 0 spiro atoms. The van der Waals surface area contributed by atoms with Gasteiger partial charge in [-0.25, -0.2) is 4.98 Å². The van der Waals surface area contributed by atoms with Gasteiger partial charge in [-0.3, -0.25) is 5.43 Å². The van der Waals surface area contributed by atoms with Crippen LogP contribution in [0, 0.1) is 0 Å². The number of pyridine rings is 1. The van der Waals surface area contributed by atoms with Crippen LogP contribution >= 0.6 is 0 Å². The Hall–Kier alpha value is -2.89. The lowest BCUT2D eigenvalue weighted by molar-refractivity contribution is -0.137. The Bertz CT molecular complexity index is 884. The number of hydrogen-bond donors (Lipinski definition) is 1. The van der Waals surface area contributed by atoms with Crippen LogP contribution < -0.4 is 5.43 Å². The molecular formula is C18H14F3N3. The molecule has 1 N–H and O–H groups in total. The van der Waals surface area contributed by atoms with Crippen molar-refractivity contribution in [2.45, 2.75) is 13.1 Å². The van der Waals surface area contributed by atoms with Crippen molar-refractivity contribution in [1.82, 2.24) is 4.98 Å². The van der Waals surface area contributed by atoms with Crippen molar-refractivity contribution in [2.75, 3.05) is 5.43 Å². The molecule has 6 heteroatoms. The summed E-state index contributed by atoms with van der Waals surface area (Å²) < 4.78 is 37.5. The fourth-order valence-electron chi connectivity index (χ4n) is 2.25. The van der Waals surface area contributed by atoms with Gasteiger partial charge in [0.1, 0.15) is 5.82 Å². The van der Waals surface area contributed by atoms with Gasteiger partial charge in [0.2, 0.25) is 0 Å². The van der Waals surface area contributed by atoms with Crippen LogP contribution in [0.1, 0.15) is 18.1 Å². The number of anilines is 1. The molecule has 0 aliphatic rings. The van der Waals surface area contributed by atoms with E-state index >= 15 is 0 Å². The Kier molecular flexibility index (Phi) is 4.20. The molecule has 0 saturated carbocycles. The second-order valence-corrected chi connectivity index (χ2v) is 5.30. The van der Waals surface area contributed by atoms with Crippen LogP contribution in [0.25, 0.3) is 10.8 Å². The van der Waals surface area contributed by atoms with Crippen LogP contribution in [0.5, 0.6) is 0 Å². The molecular weight excluding hydrogens is 315 g/mol. The Balaban J connectivity index is 1.77. The highest BCUT2D eigenvalue weighted by molar-refractivity contribution is 6.02. The topological polar surface area (TPSA) is 37.3 Å². The van der Waals surface area contributed by atoms with Gasteiger partial charge < -0.3 is 0 Å². The number of halogens is 3. The van der Waals surface area contributed by atoms with E-state index in [9.17, 15) is 13.2 Å². The van der Waals surface area contributed by atoms with Gasteiger partial charge >= 0.3 is 6.18 Å². The second-order valence-electron chi connectivity index (χ2n) is 5.30. The first-order valence-electron chi connectivity index (χ1n) is 7.26. The Morgan fingerprint density at radius 3 is 2.42 bits per heavy atom. The van der Waals surface area contributed by atoms with Crippen LogP contribution in [0.4, 0.5) is 19.0 Å². The molecule has 3 aromatic rings. The average molecular weight is 329 g/mol. The minimum Gasteiger partial charge on any atom is -0.261 e. The lowest BCUT2D eigenvalue weighted by Gasteiger charge is -2.07. The first kappa shape index (κ1) is 16.0. The average Bonchev–Trinajstić information content (AvgIpc) is 2.59. The molecule has 24 heavy (non-hydrogen) atoms. The van der Waals surface area contributed by atoms with Crippen LogP contribution in [0.15, 0.2) is 65.9 Å². The SMILES string of the molecule is C/C(=N/Nc1ccc(C(F)(F)F)cn1)c1ccc2ccccc2c1. The molecule has 0 aliphatic heterocycles. The maximum atomic E-state index is 12.5. The third-order valence-corrected chi connectivity index (χ3v) is 3.60. The molecule has 1 heterocycles. The van der Waals surface area contributed by atoms with E-state index in [1.807, 2.05) is 49.4 Å². The quantitative estimate of drug-likeness (QED) is 0.537. The third kappa shape index (κ3) is 3.53. The zero-order valence-electron chi connectivity index (χ0n) is 12.8. The van der Waals surface area contributed by atoms with Crippen LogP contribution in [0.2, 0.25) is 0 Å². The molecule has 0 fully saturated rings. The van der Waals surface area contributed by atoms with Crippen molar-refractivity contribution in [2.24, 2.45) is 5.10 Å². The summed E-state index contributed by atoms with van der Waals surface area (Å²) in [5.41, 5.74) is 3.53. The number of benzene rings is 2. The summed E-state index contributed by atoms with van der Waals surface area (Å²) in [6.07, 6.45) is -3.61. The Morgan fingerprint density at radius 1 is 1.00 bits per heavy atom. The van der Waals surface area contributed by atoms with Crippen LogP contribution in [-0.4, -0.2) is 10.7 Å². The largest absolute Gasteiger partial charge is 0.417 e. The van der Waals surface area contributed by atoms with E-state index < -0.39 is 11.7 Å². The van der Waals surface area contributed by atoms with Gasteiger partial charge in [0, 0.05) is 6.20 Å². The van der Waals surface area contributed by atoms with Gasteiger partial charge in [-0.2, -0.15) is 18.3 Å². The van der Waals surface area contributed by atoms with E-state index in [2.05, 4.69) is 15.5 Å². The number of rotatable bonds is 3. The lowest BCUT2D eigenvalue weighted by atomic mass is 10.0. The summed E-state index contributed by atoms with van der Waals surface area (Å²) >= 11 is 0. The third-order valence-electron chi connectivity index (χ3n) is 3.60. The maximum absolute atomic E-state index is 12.5. The molecule has 0 bridgehead atoms. The van der Waals surface area contributed by atoms with Gasteiger partial charge in [-0.1, -0.05) is 36.4 Å². The van der Waals surface area contributed by atoms with Crippen molar-refractivity contribution < 1.29 is 13.2 Å². The summed E-state index contributed by atoms with van der Waals surface area (Å²) in [6, 6.07) is 16.1. The fourth-order valence-corrected chi connectivity index (χ4v) is 2.25. The minimum atomic E-state index is -4.39. The predicted octanol–water partition coefficient (Wildman–Crippen LogP) is 5.09. The normalized spacial score (nSPS) is 12.4. The predicted molar refractivity (Wildman–Crippen MR) is 89.0 cm³/mol. The first-order chi connectivity index (χ1) is 11.4. The smallest absolute Gasteiger partial charge is 0.261 e. The summed E-state index contributed by atoms with van der Waals surface area (Å²) in [4.78, 5) is 3.72. The number of hydrogen-bond acceptors (Lipinski definition) is 3. The number of fused-ring (bicyclic) bond motifs is 1. The Labute approximate surface area is 136 Å². The number of nitrogens with one attached hydrogen (secondary N) is 1. The molecule has 1 aromatic heterocycles. The number of alkyl halides is 3. The zero-order chi connectivity index (χ0) is 17.2. The highest BCUT2D eigenvalue weighted by Crippen LogP contribution is 2.28. The fraction of sp³-hybridized carbons (Fsp3) is 0.111. The molecule has 3 rings (SSSR count). The van der Waals surface area contributed by atoms with Gasteiger partial charge in [-0.15, -0.1) is 0 Å². The van der Waals surface area contributed by atoms with Crippen molar-refractivity contribution >= 4 is 22.3 Å². The van der Waals surface area contributed by atoms with Gasteiger partial charge in [-0.05, 0) is 41.5 Å². The molecule has 0 aliphatic carbocycles. The van der Waals surface area contributed by atoms with Gasteiger partial charge in [0.25, 0.3) is 0 Å². The van der Waals surface area contributed by atoms with Crippen molar-refractivity contribution in [3.8, 4) is 0 Å². The summed E-state index contributed by atoms with van der Waals surface area (Å²) in [6.45, 7) is 1.82. The zero-order valence-corrected chi connectivity index (χ0v) is 12.8. The van der Waals surface area contributed by atoms with Crippen molar-refractivity contribution in [3.63, 3.8) is 0 Å². The molecule has 3 nitrogen and oxygen atoms in total. The standard InChI is InChI=1S/C18H14F3N3/c1-12(14-7-6-13-4-2-3-5-15(13)10-14)23-24-17-9-8-16(11-22-17)18(19,20)21/h2-11H,1H3,(H,22,24)/b23-12-. The molecule has 0 radical (unpaired) electrons. The van der Waals surface area contributed by atoms with Crippen LogP contribution in [0.3, 0.4) is 0 Å². The highest BCUT2D eigenvalue weighted by Gasteiger charge is 2.30. The van der Waals surface area contributed by atoms with E-state index in [-0.39, 0.29) is 5.82 Å².